The molecule has 4 heterocycles. The molecule has 150 valence electrons. The minimum absolute atomic E-state index is 0.275. The summed E-state index contributed by atoms with van der Waals surface area (Å²) in [5.74, 6) is -0.444. The van der Waals surface area contributed by atoms with E-state index in [0.717, 1.165) is 16.3 Å². The number of amides is 3. The number of aromatic nitrogens is 1. The number of aryl methyl sites for hydroxylation is 1. The molecular weight excluding hydrogens is 390 g/mol. The SMILES string of the molecule is Cc1cc(C(=O)CN2C(=O)NC(C)(c3ccco3)C2=O)c(C)n1Cc1cccs1. The highest BCUT2D eigenvalue weighted by Crippen LogP contribution is 2.29. The number of nitrogens with one attached hydrogen (secondary N) is 1. The summed E-state index contributed by atoms with van der Waals surface area (Å²) in [4.78, 5) is 40.4. The number of furan rings is 1. The van der Waals surface area contributed by atoms with E-state index in [-0.39, 0.29) is 12.3 Å². The zero-order chi connectivity index (χ0) is 20.8. The molecule has 3 aromatic rings. The van der Waals surface area contributed by atoms with Gasteiger partial charge in [0.05, 0.1) is 19.4 Å². The Kier molecular flexibility index (Phi) is 4.66. The molecular formula is C21H21N3O4S. The predicted molar refractivity (Wildman–Crippen MR) is 108 cm³/mol. The molecule has 1 aliphatic rings. The number of nitrogens with zero attached hydrogens (tertiary/aromatic N) is 2. The lowest BCUT2D eigenvalue weighted by atomic mass is 9.99. The monoisotopic (exact) mass is 411 g/mol. The second-order valence-corrected chi connectivity index (χ2v) is 8.33. The number of imide groups is 1. The van der Waals surface area contributed by atoms with Crippen molar-refractivity contribution in [3.05, 3.63) is 69.6 Å². The molecule has 0 radical (unpaired) electrons. The number of thiophene rings is 1. The largest absolute Gasteiger partial charge is 0.466 e. The van der Waals surface area contributed by atoms with Crippen LogP contribution in [0.4, 0.5) is 4.79 Å². The normalized spacial score (nSPS) is 19.1. The molecule has 1 saturated heterocycles. The number of ketones is 1. The van der Waals surface area contributed by atoms with Crippen LogP contribution in [0.15, 0.2) is 46.4 Å². The fraction of sp³-hybridized carbons (Fsp3) is 0.286. The highest BCUT2D eigenvalue weighted by atomic mass is 32.1. The van der Waals surface area contributed by atoms with Gasteiger partial charge in [0, 0.05) is 21.8 Å². The van der Waals surface area contributed by atoms with Crippen LogP contribution in [0.25, 0.3) is 0 Å². The van der Waals surface area contributed by atoms with Gasteiger partial charge in [-0.05, 0) is 50.4 Å². The van der Waals surface area contributed by atoms with E-state index in [4.69, 9.17) is 4.42 Å². The van der Waals surface area contributed by atoms with Gasteiger partial charge in [0.2, 0.25) is 0 Å². The average Bonchev–Trinajstić information content (AvgIpc) is 3.46. The molecule has 4 rings (SSSR count). The Labute approximate surface area is 171 Å². The number of hydrogen-bond acceptors (Lipinski definition) is 5. The molecule has 3 aromatic heterocycles. The summed E-state index contributed by atoms with van der Waals surface area (Å²) < 4.78 is 7.38. The van der Waals surface area contributed by atoms with E-state index in [1.807, 2.05) is 37.4 Å². The van der Waals surface area contributed by atoms with Crippen molar-refractivity contribution in [2.45, 2.75) is 32.9 Å². The first-order valence-corrected chi connectivity index (χ1v) is 10.1. The second kappa shape index (κ2) is 7.04. The van der Waals surface area contributed by atoms with Crippen LogP contribution in [0, 0.1) is 13.8 Å². The maximum absolute atomic E-state index is 13.0. The van der Waals surface area contributed by atoms with Crippen LogP contribution in [0.5, 0.6) is 0 Å². The maximum Gasteiger partial charge on any atom is 0.325 e. The van der Waals surface area contributed by atoms with Crippen LogP contribution in [-0.4, -0.2) is 33.7 Å². The molecule has 1 atom stereocenters. The van der Waals surface area contributed by atoms with Crippen LogP contribution >= 0.6 is 11.3 Å². The van der Waals surface area contributed by atoms with Gasteiger partial charge in [-0.25, -0.2) is 4.79 Å². The molecule has 1 N–H and O–H groups in total. The average molecular weight is 411 g/mol. The summed E-state index contributed by atoms with van der Waals surface area (Å²) in [6.07, 6.45) is 1.44. The molecule has 0 aromatic carbocycles. The first-order chi connectivity index (χ1) is 13.8. The molecule has 8 heteroatoms. The molecule has 1 fully saturated rings. The van der Waals surface area contributed by atoms with Crippen molar-refractivity contribution in [2.75, 3.05) is 6.54 Å². The Morgan fingerprint density at radius 3 is 2.69 bits per heavy atom. The van der Waals surface area contributed by atoms with E-state index in [9.17, 15) is 14.4 Å². The lowest BCUT2D eigenvalue weighted by Gasteiger charge is -2.18. The Hall–Kier alpha value is -3.13. The van der Waals surface area contributed by atoms with E-state index < -0.39 is 17.5 Å². The minimum Gasteiger partial charge on any atom is -0.466 e. The van der Waals surface area contributed by atoms with Crippen molar-refractivity contribution in [3.8, 4) is 0 Å². The third-order valence-corrected chi connectivity index (χ3v) is 6.22. The van der Waals surface area contributed by atoms with Gasteiger partial charge in [0.15, 0.2) is 11.3 Å². The quantitative estimate of drug-likeness (QED) is 0.497. The van der Waals surface area contributed by atoms with Gasteiger partial charge in [-0.2, -0.15) is 0 Å². The highest BCUT2D eigenvalue weighted by molar-refractivity contribution is 7.09. The summed E-state index contributed by atoms with van der Waals surface area (Å²) in [7, 11) is 0. The van der Waals surface area contributed by atoms with Crippen LogP contribution in [0.1, 0.15) is 39.3 Å². The van der Waals surface area contributed by atoms with Crippen LogP contribution in [0.2, 0.25) is 0 Å². The molecule has 0 aliphatic carbocycles. The topological polar surface area (TPSA) is 84.6 Å². The van der Waals surface area contributed by atoms with Gasteiger partial charge in [-0.1, -0.05) is 6.07 Å². The van der Waals surface area contributed by atoms with Gasteiger partial charge in [-0.15, -0.1) is 11.3 Å². The lowest BCUT2D eigenvalue weighted by molar-refractivity contribution is -0.131. The molecule has 0 bridgehead atoms. The number of urea groups is 1. The number of carbonyl (C=O) groups is 3. The lowest BCUT2D eigenvalue weighted by Crippen LogP contribution is -2.41. The maximum atomic E-state index is 13.0. The van der Waals surface area contributed by atoms with E-state index in [2.05, 4.69) is 9.88 Å². The Morgan fingerprint density at radius 2 is 2.03 bits per heavy atom. The van der Waals surface area contributed by atoms with Crippen molar-refractivity contribution in [3.63, 3.8) is 0 Å². The first-order valence-electron chi connectivity index (χ1n) is 9.21. The van der Waals surface area contributed by atoms with Crippen molar-refractivity contribution in [1.29, 1.82) is 0 Å². The van der Waals surface area contributed by atoms with Crippen molar-refractivity contribution < 1.29 is 18.8 Å². The number of carbonyl (C=O) groups excluding carboxylic acids is 3. The standard InChI is InChI=1S/C21H21N3O4S/c1-13-10-16(14(2)23(13)11-15-6-5-9-29-15)17(25)12-24-19(26)21(3,22-20(24)27)18-7-4-8-28-18/h4-10H,11-12H2,1-3H3,(H,22,27). The Balaban J connectivity index is 1.56. The number of hydrogen-bond donors (Lipinski definition) is 1. The third kappa shape index (κ3) is 3.19. The predicted octanol–water partition coefficient (Wildman–Crippen LogP) is 3.46. The summed E-state index contributed by atoms with van der Waals surface area (Å²) in [6.45, 7) is 5.77. The molecule has 0 saturated carbocycles. The highest BCUT2D eigenvalue weighted by Gasteiger charge is 2.51. The number of rotatable bonds is 6. The molecule has 3 amide bonds. The summed E-state index contributed by atoms with van der Waals surface area (Å²) in [5.41, 5.74) is 0.988. The molecule has 1 unspecified atom stereocenters. The zero-order valence-electron chi connectivity index (χ0n) is 16.4. The first kappa shape index (κ1) is 19.2. The third-order valence-electron chi connectivity index (χ3n) is 5.36. The fourth-order valence-electron chi connectivity index (χ4n) is 3.68. The van der Waals surface area contributed by atoms with E-state index >= 15 is 0 Å². The Bertz CT molecular complexity index is 1080. The minimum atomic E-state index is -1.31. The fourth-order valence-corrected chi connectivity index (χ4v) is 4.38. The second-order valence-electron chi connectivity index (χ2n) is 7.30. The van der Waals surface area contributed by atoms with Gasteiger partial charge in [0.1, 0.15) is 5.76 Å². The van der Waals surface area contributed by atoms with Gasteiger partial charge >= 0.3 is 6.03 Å². The molecule has 29 heavy (non-hydrogen) atoms. The van der Waals surface area contributed by atoms with E-state index in [1.54, 1.807) is 30.4 Å². The van der Waals surface area contributed by atoms with E-state index in [1.165, 1.54) is 11.1 Å². The molecule has 1 aliphatic heterocycles. The van der Waals surface area contributed by atoms with Crippen molar-refractivity contribution >= 4 is 29.1 Å². The van der Waals surface area contributed by atoms with Crippen LogP contribution in [-0.2, 0) is 16.9 Å². The molecule has 0 spiro atoms. The van der Waals surface area contributed by atoms with Gasteiger partial charge < -0.3 is 14.3 Å². The van der Waals surface area contributed by atoms with Gasteiger partial charge in [0.25, 0.3) is 5.91 Å². The van der Waals surface area contributed by atoms with Crippen LogP contribution < -0.4 is 5.32 Å². The van der Waals surface area contributed by atoms with E-state index in [0.29, 0.717) is 17.9 Å². The summed E-state index contributed by atoms with van der Waals surface area (Å²) in [6, 6.07) is 8.53. The summed E-state index contributed by atoms with van der Waals surface area (Å²) in [5, 5.41) is 4.65. The molecule has 7 nitrogen and oxygen atoms in total. The van der Waals surface area contributed by atoms with Gasteiger partial charge in [-0.3, -0.25) is 14.5 Å². The van der Waals surface area contributed by atoms with Crippen LogP contribution in [0.3, 0.4) is 0 Å². The van der Waals surface area contributed by atoms with Crippen molar-refractivity contribution in [1.82, 2.24) is 14.8 Å². The Morgan fingerprint density at radius 1 is 1.24 bits per heavy atom. The number of Topliss-reactive ketones (excluding diaryl/α,β-unsaturated/α-hetero) is 1. The van der Waals surface area contributed by atoms with Crippen molar-refractivity contribution in [2.24, 2.45) is 0 Å². The smallest absolute Gasteiger partial charge is 0.325 e. The zero-order valence-corrected chi connectivity index (χ0v) is 17.2. The summed E-state index contributed by atoms with van der Waals surface area (Å²) >= 11 is 1.66.